The first kappa shape index (κ1) is 17.7. The minimum absolute atomic E-state index is 0.0370. The Balaban J connectivity index is 1.34. The van der Waals surface area contributed by atoms with Gasteiger partial charge in [0.05, 0.1) is 5.92 Å². The molecule has 0 radical (unpaired) electrons. The predicted octanol–water partition coefficient (Wildman–Crippen LogP) is 4.43. The third-order valence-electron chi connectivity index (χ3n) is 5.91. The first-order valence-electron chi connectivity index (χ1n) is 9.82. The molecular weight excluding hydrogens is 364 g/mol. The average molecular weight is 384 g/mol. The lowest BCUT2D eigenvalue weighted by molar-refractivity contribution is -0.158. The highest BCUT2D eigenvalue weighted by Gasteiger charge is 2.46. The van der Waals surface area contributed by atoms with Crippen LogP contribution in [0, 0.1) is 5.92 Å². The Morgan fingerprint density at radius 1 is 0.759 bits per heavy atom. The third-order valence-corrected chi connectivity index (χ3v) is 5.91. The van der Waals surface area contributed by atoms with Crippen molar-refractivity contribution in [2.24, 2.45) is 5.92 Å². The summed E-state index contributed by atoms with van der Waals surface area (Å²) >= 11 is 0. The number of hydrogen-bond acceptors (Lipinski definition) is 4. The van der Waals surface area contributed by atoms with Crippen LogP contribution < -0.4 is 4.74 Å². The van der Waals surface area contributed by atoms with Crippen LogP contribution >= 0.6 is 0 Å². The van der Waals surface area contributed by atoms with Crippen LogP contribution in [0.2, 0.25) is 0 Å². The molecule has 2 bridgehead atoms. The summed E-state index contributed by atoms with van der Waals surface area (Å²) in [7, 11) is 0. The molecule has 144 valence electrons. The van der Waals surface area contributed by atoms with E-state index in [0.717, 1.165) is 0 Å². The zero-order valence-electron chi connectivity index (χ0n) is 15.8. The Bertz CT molecular complexity index is 1030. The van der Waals surface area contributed by atoms with Crippen molar-refractivity contribution in [2.45, 2.75) is 18.3 Å². The van der Waals surface area contributed by atoms with Gasteiger partial charge in [0.15, 0.2) is 6.61 Å². The van der Waals surface area contributed by atoms with E-state index in [1.54, 1.807) is 24.3 Å². The van der Waals surface area contributed by atoms with Crippen LogP contribution in [0.15, 0.2) is 78.9 Å². The van der Waals surface area contributed by atoms with E-state index < -0.39 is 5.97 Å². The first-order chi connectivity index (χ1) is 14.2. The van der Waals surface area contributed by atoms with Gasteiger partial charge in [-0.25, -0.2) is 4.79 Å². The molecule has 4 heteroatoms. The molecule has 3 aromatic rings. The van der Waals surface area contributed by atoms with Crippen LogP contribution in [-0.4, -0.2) is 18.5 Å². The summed E-state index contributed by atoms with van der Waals surface area (Å²) in [6.07, 6.45) is 0.700. The molecule has 0 saturated carbocycles. The lowest BCUT2D eigenvalue weighted by atomic mass is 9.59. The van der Waals surface area contributed by atoms with E-state index in [0.29, 0.717) is 12.2 Å². The molecule has 3 aromatic carbocycles. The van der Waals surface area contributed by atoms with Crippen LogP contribution in [-0.2, 0) is 14.3 Å². The smallest absolute Gasteiger partial charge is 0.349 e. The molecule has 0 aliphatic heterocycles. The molecule has 1 atom stereocenters. The number of rotatable bonds is 4. The van der Waals surface area contributed by atoms with Crippen molar-refractivity contribution in [1.82, 2.24) is 0 Å². The molecule has 0 amide bonds. The van der Waals surface area contributed by atoms with Crippen LogP contribution in [0.25, 0.3) is 0 Å². The lowest BCUT2D eigenvalue weighted by Gasteiger charge is -2.44. The highest BCUT2D eigenvalue weighted by molar-refractivity contribution is 5.81. The maximum Gasteiger partial charge on any atom is 0.349 e. The molecule has 0 N–H and O–H groups in total. The summed E-state index contributed by atoms with van der Waals surface area (Å²) in [5.74, 6) is -0.631. The number of benzene rings is 3. The Kier molecular flexibility index (Phi) is 4.39. The molecular formula is C25H20O4. The Morgan fingerprint density at radius 3 is 1.93 bits per heavy atom. The summed E-state index contributed by atoms with van der Waals surface area (Å²) in [5.41, 5.74) is 4.97. The molecule has 0 fully saturated rings. The van der Waals surface area contributed by atoms with Gasteiger partial charge in [0.2, 0.25) is 0 Å². The van der Waals surface area contributed by atoms with Crippen molar-refractivity contribution in [2.75, 3.05) is 6.61 Å². The zero-order valence-corrected chi connectivity index (χ0v) is 15.8. The second kappa shape index (κ2) is 7.21. The van der Waals surface area contributed by atoms with Crippen molar-refractivity contribution < 1.29 is 19.1 Å². The quantitative estimate of drug-likeness (QED) is 0.493. The van der Waals surface area contributed by atoms with Gasteiger partial charge in [0, 0.05) is 11.8 Å². The highest BCUT2D eigenvalue weighted by Crippen LogP contribution is 2.55. The number of ether oxygens (including phenoxy) is 2. The summed E-state index contributed by atoms with van der Waals surface area (Å²) in [6, 6.07) is 25.4. The highest BCUT2D eigenvalue weighted by atomic mass is 16.6. The fourth-order valence-electron chi connectivity index (χ4n) is 4.75. The largest absolute Gasteiger partial charge is 0.453 e. The van der Waals surface area contributed by atoms with E-state index >= 15 is 0 Å². The van der Waals surface area contributed by atoms with Crippen molar-refractivity contribution in [3.63, 3.8) is 0 Å². The maximum absolute atomic E-state index is 12.9. The van der Waals surface area contributed by atoms with Gasteiger partial charge in [-0.05, 0) is 40.8 Å². The van der Waals surface area contributed by atoms with Gasteiger partial charge in [0.1, 0.15) is 5.75 Å². The molecule has 3 aliphatic carbocycles. The molecule has 0 aromatic heterocycles. The van der Waals surface area contributed by atoms with E-state index in [9.17, 15) is 9.59 Å². The molecule has 0 saturated heterocycles. The monoisotopic (exact) mass is 384 g/mol. The molecule has 1 unspecified atom stereocenters. The molecule has 3 aliphatic rings. The standard InChI is InChI=1S/C25H20O4/c26-23(29-16-8-2-1-3-9-16)15-28-25(27)22-14-21-17-10-4-6-12-19(17)24(22)20-13-7-5-11-18(20)21/h1-13,21-22,24H,14-15H2. The third kappa shape index (κ3) is 3.11. The molecule has 6 rings (SSSR count). The first-order valence-corrected chi connectivity index (χ1v) is 9.82. The van der Waals surface area contributed by atoms with Gasteiger partial charge in [0.25, 0.3) is 0 Å². The van der Waals surface area contributed by atoms with Gasteiger partial charge in [-0.15, -0.1) is 0 Å². The summed E-state index contributed by atoms with van der Waals surface area (Å²) in [4.78, 5) is 25.0. The van der Waals surface area contributed by atoms with Gasteiger partial charge in [-0.3, -0.25) is 4.79 Å². The molecule has 0 heterocycles. The summed E-state index contributed by atoms with van der Waals surface area (Å²) < 4.78 is 10.6. The van der Waals surface area contributed by atoms with Crippen molar-refractivity contribution in [3.05, 3.63) is 101 Å². The maximum atomic E-state index is 12.9. The van der Waals surface area contributed by atoms with E-state index in [1.165, 1.54) is 22.3 Å². The van der Waals surface area contributed by atoms with Gasteiger partial charge in [-0.2, -0.15) is 0 Å². The Hall–Kier alpha value is -3.40. The summed E-state index contributed by atoms with van der Waals surface area (Å²) in [5, 5.41) is 0. The van der Waals surface area contributed by atoms with E-state index in [-0.39, 0.29) is 30.3 Å². The SMILES string of the molecule is O=C(COC(=O)C1CC2c3ccccc3C1c1ccccc12)Oc1ccccc1. The number of hydrogen-bond donors (Lipinski definition) is 0. The van der Waals surface area contributed by atoms with E-state index in [4.69, 9.17) is 9.47 Å². The second-order valence-corrected chi connectivity index (χ2v) is 7.53. The van der Waals surface area contributed by atoms with Crippen LogP contribution in [0.1, 0.15) is 40.5 Å². The van der Waals surface area contributed by atoms with E-state index in [2.05, 4.69) is 36.4 Å². The Labute approximate surface area is 169 Å². The topological polar surface area (TPSA) is 52.6 Å². The minimum atomic E-state index is -0.577. The number of para-hydroxylation sites is 1. The number of carbonyl (C=O) groups is 2. The van der Waals surface area contributed by atoms with Crippen molar-refractivity contribution >= 4 is 11.9 Å². The van der Waals surface area contributed by atoms with Crippen molar-refractivity contribution in [1.29, 1.82) is 0 Å². The fraction of sp³-hybridized carbons (Fsp3) is 0.200. The predicted molar refractivity (Wildman–Crippen MR) is 108 cm³/mol. The minimum Gasteiger partial charge on any atom is -0.453 e. The molecule has 29 heavy (non-hydrogen) atoms. The summed E-state index contributed by atoms with van der Waals surface area (Å²) in [6.45, 7) is -0.384. The zero-order chi connectivity index (χ0) is 19.8. The number of carbonyl (C=O) groups excluding carboxylic acids is 2. The van der Waals surface area contributed by atoms with Crippen molar-refractivity contribution in [3.8, 4) is 5.75 Å². The second-order valence-electron chi connectivity index (χ2n) is 7.53. The number of fused-ring (bicyclic) bond motifs is 1. The van der Waals surface area contributed by atoms with Gasteiger partial charge in [-0.1, -0.05) is 66.7 Å². The molecule has 4 nitrogen and oxygen atoms in total. The fourth-order valence-corrected chi connectivity index (χ4v) is 4.75. The molecule has 0 spiro atoms. The van der Waals surface area contributed by atoms with Gasteiger partial charge >= 0.3 is 11.9 Å². The van der Waals surface area contributed by atoms with E-state index in [1.807, 2.05) is 18.2 Å². The van der Waals surface area contributed by atoms with Crippen LogP contribution in [0.3, 0.4) is 0 Å². The normalized spacial score (nSPS) is 21.0. The van der Waals surface area contributed by atoms with Crippen LogP contribution in [0.5, 0.6) is 5.75 Å². The lowest BCUT2D eigenvalue weighted by Crippen LogP contribution is -2.37. The number of esters is 2. The Morgan fingerprint density at radius 2 is 1.31 bits per heavy atom. The van der Waals surface area contributed by atoms with Crippen LogP contribution in [0.4, 0.5) is 0 Å². The van der Waals surface area contributed by atoms with Gasteiger partial charge < -0.3 is 9.47 Å². The average Bonchev–Trinajstić information content (AvgIpc) is 2.78.